The molecule has 2 N–H and O–H groups in total. The highest BCUT2D eigenvalue weighted by Crippen LogP contribution is 2.36. The van der Waals surface area contributed by atoms with Gasteiger partial charge in [0.1, 0.15) is 17.3 Å². The average Bonchev–Trinajstić information content (AvgIpc) is 3.71. The van der Waals surface area contributed by atoms with Crippen molar-refractivity contribution in [3.63, 3.8) is 0 Å². The van der Waals surface area contributed by atoms with Gasteiger partial charge in [0.25, 0.3) is 5.56 Å². The molecule has 1 fully saturated rings. The van der Waals surface area contributed by atoms with E-state index in [0.29, 0.717) is 17.1 Å². The third-order valence-corrected chi connectivity index (χ3v) is 7.93. The standard InChI is InChI=1S/C29H31N7O2/c1-18-14-20-16-23(28(37)31-24(20)15-19(18)2)26(27-33-34-35-36(27)22-9-4-5-10-22)32-29(3,25-11-7-13-38-25)21-8-6-12-30-17-21/h6-8,11-17,22,26,32H,4-5,9-10H2,1-3H3,(H,31,37). The molecule has 194 valence electrons. The van der Waals surface area contributed by atoms with E-state index in [1.807, 2.05) is 61.1 Å². The van der Waals surface area contributed by atoms with E-state index >= 15 is 0 Å². The quantitative estimate of drug-likeness (QED) is 0.321. The fourth-order valence-corrected chi connectivity index (χ4v) is 5.60. The van der Waals surface area contributed by atoms with E-state index in [9.17, 15) is 4.79 Å². The van der Waals surface area contributed by atoms with Crippen molar-refractivity contribution in [2.24, 2.45) is 0 Å². The number of aromatic nitrogens is 6. The van der Waals surface area contributed by atoms with Gasteiger partial charge in [0.05, 0.1) is 12.3 Å². The monoisotopic (exact) mass is 509 g/mol. The fraction of sp³-hybridized carbons (Fsp3) is 0.345. The van der Waals surface area contributed by atoms with Crippen LogP contribution in [0, 0.1) is 13.8 Å². The lowest BCUT2D eigenvalue weighted by Gasteiger charge is -2.34. The van der Waals surface area contributed by atoms with E-state index < -0.39 is 11.6 Å². The first-order valence-corrected chi connectivity index (χ1v) is 13.1. The Hall–Kier alpha value is -4.11. The number of aryl methyl sites for hydroxylation is 2. The van der Waals surface area contributed by atoms with Gasteiger partial charge in [-0.1, -0.05) is 18.9 Å². The van der Waals surface area contributed by atoms with E-state index in [1.54, 1.807) is 12.5 Å². The highest BCUT2D eigenvalue weighted by molar-refractivity contribution is 5.81. The number of fused-ring (bicyclic) bond motifs is 1. The third-order valence-electron chi connectivity index (χ3n) is 7.93. The lowest BCUT2D eigenvalue weighted by atomic mass is 9.88. The van der Waals surface area contributed by atoms with E-state index in [-0.39, 0.29) is 11.6 Å². The second-order valence-electron chi connectivity index (χ2n) is 10.4. The van der Waals surface area contributed by atoms with Crippen LogP contribution in [0.15, 0.2) is 70.3 Å². The topological polar surface area (TPSA) is 115 Å². The Bertz CT molecular complexity index is 1620. The first kappa shape index (κ1) is 24.2. The average molecular weight is 510 g/mol. The molecule has 0 saturated heterocycles. The van der Waals surface area contributed by atoms with Gasteiger partial charge in [0.15, 0.2) is 5.82 Å². The van der Waals surface area contributed by atoms with Gasteiger partial charge in [-0.05, 0) is 103 Å². The number of rotatable bonds is 7. The van der Waals surface area contributed by atoms with Crippen LogP contribution in [0.5, 0.6) is 0 Å². The summed E-state index contributed by atoms with van der Waals surface area (Å²) < 4.78 is 7.84. The van der Waals surface area contributed by atoms with Crippen molar-refractivity contribution in [1.29, 1.82) is 0 Å². The Morgan fingerprint density at radius 1 is 1.13 bits per heavy atom. The zero-order chi connectivity index (χ0) is 26.3. The molecule has 9 heteroatoms. The number of aromatic amines is 1. The number of benzene rings is 1. The van der Waals surface area contributed by atoms with Crippen molar-refractivity contribution in [2.75, 3.05) is 0 Å². The Labute approximate surface area is 220 Å². The Morgan fingerprint density at radius 3 is 2.68 bits per heavy atom. The SMILES string of the molecule is Cc1cc2cc(C(NC(C)(c3cccnc3)c3ccco3)c3nnnn3C3CCCC3)c(=O)[nH]c2cc1C. The van der Waals surface area contributed by atoms with E-state index in [4.69, 9.17) is 4.42 Å². The first-order chi connectivity index (χ1) is 18.4. The molecule has 0 radical (unpaired) electrons. The summed E-state index contributed by atoms with van der Waals surface area (Å²) in [6.45, 7) is 6.15. The minimum absolute atomic E-state index is 0.188. The van der Waals surface area contributed by atoms with E-state index in [1.165, 1.54) is 0 Å². The molecule has 1 aliphatic carbocycles. The van der Waals surface area contributed by atoms with Crippen molar-refractivity contribution >= 4 is 10.9 Å². The molecule has 5 aromatic rings. The zero-order valence-corrected chi connectivity index (χ0v) is 21.8. The fourth-order valence-electron chi connectivity index (χ4n) is 5.60. The summed E-state index contributed by atoms with van der Waals surface area (Å²) in [5, 5.41) is 17.7. The highest BCUT2D eigenvalue weighted by atomic mass is 16.3. The second-order valence-corrected chi connectivity index (χ2v) is 10.4. The van der Waals surface area contributed by atoms with Crippen LogP contribution in [-0.4, -0.2) is 30.2 Å². The van der Waals surface area contributed by atoms with Crippen LogP contribution >= 0.6 is 0 Å². The van der Waals surface area contributed by atoms with Crippen molar-refractivity contribution < 1.29 is 4.42 Å². The van der Waals surface area contributed by atoms with Gasteiger partial charge in [-0.25, -0.2) is 4.68 Å². The predicted octanol–water partition coefficient (Wildman–Crippen LogP) is 4.88. The zero-order valence-electron chi connectivity index (χ0n) is 21.8. The first-order valence-electron chi connectivity index (χ1n) is 13.1. The maximum atomic E-state index is 13.7. The highest BCUT2D eigenvalue weighted by Gasteiger charge is 2.39. The van der Waals surface area contributed by atoms with Crippen LogP contribution in [0.1, 0.15) is 78.5 Å². The van der Waals surface area contributed by atoms with Gasteiger partial charge in [0, 0.05) is 23.5 Å². The molecule has 38 heavy (non-hydrogen) atoms. The molecule has 4 aromatic heterocycles. The number of H-pyrrole nitrogens is 1. The summed E-state index contributed by atoms with van der Waals surface area (Å²) >= 11 is 0. The number of hydrogen-bond donors (Lipinski definition) is 2. The summed E-state index contributed by atoms with van der Waals surface area (Å²) in [6, 6.07) is 13.3. The smallest absolute Gasteiger partial charge is 0.253 e. The lowest BCUT2D eigenvalue weighted by molar-refractivity contribution is 0.309. The minimum Gasteiger partial charge on any atom is -0.467 e. The molecular weight excluding hydrogens is 478 g/mol. The molecule has 0 spiro atoms. The molecule has 2 atom stereocenters. The number of pyridine rings is 2. The molecule has 6 rings (SSSR count). The molecule has 2 unspecified atom stereocenters. The van der Waals surface area contributed by atoms with E-state index in [2.05, 4.69) is 43.8 Å². The molecule has 1 saturated carbocycles. The van der Waals surface area contributed by atoms with Gasteiger partial charge in [-0.2, -0.15) is 0 Å². The summed E-state index contributed by atoms with van der Waals surface area (Å²) in [6.07, 6.45) is 9.49. The summed E-state index contributed by atoms with van der Waals surface area (Å²) in [5.41, 5.74) is 3.50. The Morgan fingerprint density at radius 2 is 1.95 bits per heavy atom. The normalized spacial score (nSPS) is 16.6. The summed E-state index contributed by atoms with van der Waals surface area (Å²) in [5.74, 6) is 1.30. The maximum absolute atomic E-state index is 13.7. The number of nitrogens with one attached hydrogen (secondary N) is 2. The summed E-state index contributed by atoms with van der Waals surface area (Å²) in [4.78, 5) is 21.2. The molecule has 4 heterocycles. The van der Waals surface area contributed by atoms with Gasteiger partial charge >= 0.3 is 0 Å². The third kappa shape index (κ3) is 4.22. The van der Waals surface area contributed by atoms with Gasteiger partial charge in [0.2, 0.25) is 0 Å². The van der Waals surface area contributed by atoms with Crippen LogP contribution < -0.4 is 10.9 Å². The lowest BCUT2D eigenvalue weighted by Crippen LogP contribution is -2.45. The van der Waals surface area contributed by atoms with E-state index in [0.717, 1.165) is 53.3 Å². The molecular formula is C29H31N7O2. The molecule has 1 aliphatic rings. The number of hydrogen-bond acceptors (Lipinski definition) is 7. The van der Waals surface area contributed by atoms with Gasteiger partial charge in [-0.3, -0.25) is 15.1 Å². The van der Waals surface area contributed by atoms with Crippen molar-refractivity contribution in [2.45, 2.75) is 64.1 Å². The summed E-state index contributed by atoms with van der Waals surface area (Å²) in [7, 11) is 0. The van der Waals surface area contributed by atoms with Crippen LogP contribution in [0.2, 0.25) is 0 Å². The van der Waals surface area contributed by atoms with Gasteiger partial charge in [-0.15, -0.1) is 5.10 Å². The van der Waals surface area contributed by atoms with Gasteiger partial charge < -0.3 is 9.40 Å². The van der Waals surface area contributed by atoms with Crippen molar-refractivity contribution in [3.8, 4) is 0 Å². The number of furan rings is 1. The Balaban J connectivity index is 1.56. The molecule has 0 aliphatic heterocycles. The van der Waals surface area contributed by atoms with Crippen LogP contribution in [0.4, 0.5) is 0 Å². The molecule has 1 aromatic carbocycles. The van der Waals surface area contributed by atoms with Crippen LogP contribution in [0.3, 0.4) is 0 Å². The van der Waals surface area contributed by atoms with Crippen molar-refractivity contribution in [3.05, 3.63) is 105 Å². The van der Waals surface area contributed by atoms with Crippen LogP contribution in [0.25, 0.3) is 10.9 Å². The van der Waals surface area contributed by atoms with Crippen molar-refractivity contribution in [1.82, 2.24) is 35.5 Å². The maximum Gasteiger partial charge on any atom is 0.253 e. The Kier molecular flexibility index (Phi) is 6.15. The molecule has 9 nitrogen and oxygen atoms in total. The molecule has 0 bridgehead atoms. The predicted molar refractivity (Wildman–Crippen MR) is 144 cm³/mol. The number of nitrogens with zero attached hydrogens (tertiary/aromatic N) is 5. The van der Waals surface area contributed by atoms with Crippen LogP contribution in [-0.2, 0) is 5.54 Å². The molecule has 0 amide bonds. The second kappa shape index (κ2) is 9.64. The number of tetrazole rings is 1. The minimum atomic E-state index is -0.834. The largest absolute Gasteiger partial charge is 0.467 e.